The highest BCUT2D eigenvalue weighted by Gasteiger charge is 2.73. The van der Waals surface area contributed by atoms with Gasteiger partial charge in [0.15, 0.2) is 5.78 Å². The van der Waals surface area contributed by atoms with Crippen molar-refractivity contribution in [3.05, 3.63) is 11.9 Å². The predicted molar refractivity (Wildman–Crippen MR) is 80.9 cm³/mol. The standard InChI is InChI=1S/C16H22N4O3/c1-2-3-14(21)12-10-20(18-17-12)13-9-16(8-11(13)16)15(22)19-4-6-23-7-5-19/h10-11,13H,2-9H2,1H3/t11-,13+,16-/m0/s1. The molecule has 1 saturated heterocycles. The number of carbonyl (C=O) groups is 2. The van der Waals surface area contributed by atoms with Gasteiger partial charge in [-0.3, -0.25) is 9.59 Å². The summed E-state index contributed by atoms with van der Waals surface area (Å²) in [6, 6.07) is 0.218. The number of Topliss-reactive ketones (excluding diaryl/α,β-unsaturated/α-hetero) is 1. The van der Waals surface area contributed by atoms with Gasteiger partial charge in [0.1, 0.15) is 5.69 Å². The van der Waals surface area contributed by atoms with E-state index >= 15 is 0 Å². The second-order valence-electron chi connectivity index (χ2n) is 6.90. The van der Waals surface area contributed by atoms with Gasteiger partial charge < -0.3 is 9.64 Å². The van der Waals surface area contributed by atoms with Gasteiger partial charge in [-0.15, -0.1) is 5.10 Å². The van der Waals surface area contributed by atoms with E-state index in [4.69, 9.17) is 4.74 Å². The van der Waals surface area contributed by atoms with Gasteiger partial charge in [-0.2, -0.15) is 0 Å². The zero-order valence-corrected chi connectivity index (χ0v) is 13.4. The molecule has 0 spiro atoms. The van der Waals surface area contributed by atoms with Crippen molar-refractivity contribution in [3.8, 4) is 0 Å². The smallest absolute Gasteiger partial charge is 0.229 e. The molecule has 3 fully saturated rings. The summed E-state index contributed by atoms with van der Waals surface area (Å²) in [5, 5.41) is 8.12. The van der Waals surface area contributed by atoms with Crippen LogP contribution in [0.4, 0.5) is 0 Å². The van der Waals surface area contributed by atoms with Crippen LogP contribution in [0.25, 0.3) is 0 Å². The Bertz CT molecular complexity index is 637. The third-order valence-corrected chi connectivity index (χ3v) is 5.51. The first-order valence-electron chi connectivity index (χ1n) is 8.48. The highest BCUT2D eigenvalue weighted by molar-refractivity contribution is 5.93. The molecule has 0 radical (unpaired) electrons. The van der Waals surface area contributed by atoms with Gasteiger partial charge in [0.25, 0.3) is 0 Å². The Kier molecular flexibility index (Phi) is 3.48. The third kappa shape index (κ3) is 2.29. The molecule has 2 aliphatic carbocycles. The van der Waals surface area contributed by atoms with Crippen molar-refractivity contribution in [1.29, 1.82) is 0 Å². The summed E-state index contributed by atoms with van der Waals surface area (Å²) in [6.45, 7) is 4.67. The number of hydrogen-bond acceptors (Lipinski definition) is 5. The quantitative estimate of drug-likeness (QED) is 0.759. The molecule has 0 aromatic carbocycles. The van der Waals surface area contributed by atoms with Gasteiger partial charge in [0, 0.05) is 19.5 Å². The second kappa shape index (κ2) is 5.40. The number of morpholine rings is 1. The number of carbonyl (C=O) groups excluding carboxylic acids is 2. The molecule has 2 heterocycles. The Morgan fingerprint density at radius 3 is 2.83 bits per heavy atom. The van der Waals surface area contributed by atoms with Crippen LogP contribution < -0.4 is 0 Å². The average molecular weight is 318 g/mol. The molecule has 1 amide bonds. The van der Waals surface area contributed by atoms with E-state index in [0.29, 0.717) is 44.3 Å². The van der Waals surface area contributed by atoms with Crippen molar-refractivity contribution in [2.75, 3.05) is 26.3 Å². The molecule has 1 aliphatic heterocycles. The van der Waals surface area contributed by atoms with Crippen LogP contribution in [0.3, 0.4) is 0 Å². The summed E-state index contributed by atoms with van der Waals surface area (Å²) in [6.07, 6.45) is 4.83. The molecule has 23 heavy (non-hydrogen) atoms. The van der Waals surface area contributed by atoms with E-state index in [1.165, 1.54) is 0 Å². The second-order valence-corrected chi connectivity index (χ2v) is 6.90. The first-order chi connectivity index (χ1) is 11.2. The molecule has 7 nitrogen and oxygen atoms in total. The summed E-state index contributed by atoms with van der Waals surface area (Å²) in [7, 11) is 0. The maximum Gasteiger partial charge on any atom is 0.229 e. The van der Waals surface area contributed by atoms with Gasteiger partial charge in [-0.1, -0.05) is 12.1 Å². The van der Waals surface area contributed by atoms with Gasteiger partial charge in [0.05, 0.1) is 30.9 Å². The maximum atomic E-state index is 12.7. The number of ether oxygens (including phenoxy) is 1. The molecule has 2 saturated carbocycles. The molecule has 4 rings (SSSR count). The summed E-state index contributed by atoms with van der Waals surface area (Å²) < 4.78 is 7.11. The van der Waals surface area contributed by atoms with Crippen molar-refractivity contribution in [2.24, 2.45) is 11.3 Å². The minimum Gasteiger partial charge on any atom is -0.378 e. The summed E-state index contributed by atoms with van der Waals surface area (Å²) in [5.74, 6) is 0.683. The lowest BCUT2D eigenvalue weighted by Crippen LogP contribution is -2.48. The Labute approximate surface area is 135 Å². The van der Waals surface area contributed by atoms with Crippen molar-refractivity contribution < 1.29 is 14.3 Å². The molecular formula is C16H22N4O3. The monoisotopic (exact) mass is 318 g/mol. The van der Waals surface area contributed by atoms with Crippen LogP contribution in [0.1, 0.15) is 49.1 Å². The summed E-state index contributed by atoms with van der Waals surface area (Å²) in [5.41, 5.74) is 0.283. The average Bonchev–Trinajstić information content (AvgIpc) is 2.94. The Morgan fingerprint density at radius 1 is 1.35 bits per heavy atom. The number of nitrogens with zero attached hydrogens (tertiary/aromatic N) is 4. The van der Waals surface area contributed by atoms with Crippen LogP contribution in [-0.4, -0.2) is 57.9 Å². The van der Waals surface area contributed by atoms with Crippen LogP contribution in [-0.2, 0) is 9.53 Å². The topological polar surface area (TPSA) is 77.3 Å². The lowest BCUT2D eigenvalue weighted by atomic mass is 9.78. The minimum atomic E-state index is -0.165. The molecule has 0 N–H and O–H groups in total. The van der Waals surface area contributed by atoms with E-state index in [0.717, 1.165) is 19.3 Å². The van der Waals surface area contributed by atoms with E-state index in [1.807, 2.05) is 11.8 Å². The highest BCUT2D eigenvalue weighted by Crippen LogP contribution is 2.73. The lowest BCUT2D eigenvalue weighted by Gasteiger charge is -2.38. The molecular weight excluding hydrogens is 296 g/mol. The summed E-state index contributed by atoms with van der Waals surface area (Å²) in [4.78, 5) is 26.5. The SMILES string of the molecule is CCCC(=O)c1cn([C@@H]2C[C@@]3(C(=O)N4CCOCC4)C[C@@H]23)nn1. The van der Waals surface area contributed by atoms with E-state index < -0.39 is 0 Å². The number of aromatic nitrogens is 3. The molecule has 7 heteroatoms. The molecule has 124 valence electrons. The van der Waals surface area contributed by atoms with Crippen LogP contribution >= 0.6 is 0 Å². The fourth-order valence-electron chi connectivity index (χ4n) is 4.04. The Hall–Kier alpha value is -1.76. The zero-order valence-electron chi connectivity index (χ0n) is 13.4. The third-order valence-electron chi connectivity index (χ3n) is 5.51. The molecule has 1 aromatic rings. The number of hydrogen-bond donors (Lipinski definition) is 0. The van der Waals surface area contributed by atoms with E-state index in [9.17, 15) is 9.59 Å². The molecule has 1 aromatic heterocycles. The number of rotatable bonds is 5. The maximum absolute atomic E-state index is 12.7. The molecule has 0 bridgehead atoms. The fourth-order valence-corrected chi connectivity index (χ4v) is 4.04. The highest BCUT2D eigenvalue weighted by atomic mass is 16.5. The number of fused-ring (bicyclic) bond motifs is 1. The van der Waals surface area contributed by atoms with Crippen LogP contribution in [0.5, 0.6) is 0 Å². The minimum absolute atomic E-state index is 0.0459. The van der Waals surface area contributed by atoms with Crippen LogP contribution in [0.2, 0.25) is 0 Å². The molecule has 3 atom stereocenters. The van der Waals surface area contributed by atoms with Crippen molar-refractivity contribution in [3.63, 3.8) is 0 Å². The van der Waals surface area contributed by atoms with E-state index in [2.05, 4.69) is 10.3 Å². The largest absolute Gasteiger partial charge is 0.378 e. The van der Waals surface area contributed by atoms with E-state index in [1.54, 1.807) is 10.9 Å². The van der Waals surface area contributed by atoms with Crippen molar-refractivity contribution >= 4 is 11.7 Å². The molecule has 3 aliphatic rings. The number of ketones is 1. The van der Waals surface area contributed by atoms with Gasteiger partial charge >= 0.3 is 0 Å². The normalized spacial score (nSPS) is 32.1. The van der Waals surface area contributed by atoms with Crippen LogP contribution in [0.15, 0.2) is 6.20 Å². The van der Waals surface area contributed by atoms with Gasteiger partial charge in [-0.05, 0) is 25.2 Å². The van der Waals surface area contributed by atoms with Gasteiger partial charge in [0.2, 0.25) is 5.91 Å². The van der Waals surface area contributed by atoms with Crippen molar-refractivity contribution in [2.45, 2.75) is 38.6 Å². The van der Waals surface area contributed by atoms with Gasteiger partial charge in [-0.25, -0.2) is 4.68 Å². The number of amides is 1. The first kappa shape index (κ1) is 14.8. The zero-order chi connectivity index (χ0) is 16.0. The predicted octanol–water partition coefficient (Wildman–Crippen LogP) is 1.07. The first-order valence-corrected chi connectivity index (χ1v) is 8.48. The molecule has 0 unspecified atom stereocenters. The Morgan fingerprint density at radius 2 is 2.13 bits per heavy atom. The Balaban J connectivity index is 1.40. The lowest BCUT2D eigenvalue weighted by molar-refractivity contribution is -0.145. The van der Waals surface area contributed by atoms with Crippen molar-refractivity contribution in [1.82, 2.24) is 19.9 Å². The van der Waals surface area contributed by atoms with E-state index in [-0.39, 0.29) is 23.1 Å². The fraction of sp³-hybridized carbons (Fsp3) is 0.750. The summed E-state index contributed by atoms with van der Waals surface area (Å²) >= 11 is 0. The van der Waals surface area contributed by atoms with Crippen LogP contribution in [0, 0.1) is 11.3 Å².